The van der Waals surface area contributed by atoms with E-state index in [0.29, 0.717) is 17.8 Å². The van der Waals surface area contributed by atoms with Gasteiger partial charge in [-0.2, -0.15) is 4.98 Å². The topological polar surface area (TPSA) is 81.7 Å². The van der Waals surface area contributed by atoms with Gasteiger partial charge < -0.3 is 25.2 Å². The largest absolute Gasteiger partial charge is 0.494 e. The van der Waals surface area contributed by atoms with Gasteiger partial charge in [-0.1, -0.05) is 42.5 Å². The second kappa shape index (κ2) is 13.6. The minimum Gasteiger partial charge on any atom is -0.494 e. The summed E-state index contributed by atoms with van der Waals surface area (Å²) in [5.41, 5.74) is 5.81. The maximum atomic E-state index is 5.82. The van der Waals surface area contributed by atoms with Crippen LogP contribution in [0.3, 0.4) is 0 Å². The van der Waals surface area contributed by atoms with E-state index in [2.05, 4.69) is 102 Å². The van der Waals surface area contributed by atoms with E-state index in [1.165, 1.54) is 44.7 Å². The quantitative estimate of drug-likeness (QED) is 0.178. The number of rotatable bonds is 8. The monoisotopic (exact) mass is 678 g/mol. The van der Waals surface area contributed by atoms with E-state index in [1.54, 1.807) is 13.3 Å². The van der Waals surface area contributed by atoms with Crippen molar-refractivity contribution in [3.05, 3.63) is 89.5 Å². The maximum Gasteiger partial charge on any atom is 0.229 e. The zero-order chi connectivity index (χ0) is 31.5. The van der Waals surface area contributed by atoms with Crippen LogP contribution in [0.4, 0.5) is 28.8 Å². The van der Waals surface area contributed by atoms with Gasteiger partial charge in [0.15, 0.2) is 0 Å². The summed E-state index contributed by atoms with van der Waals surface area (Å²) < 4.78 is 6.57. The number of halogens is 1. The van der Waals surface area contributed by atoms with E-state index >= 15 is 0 Å². The first kappa shape index (κ1) is 30.4. The van der Waals surface area contributed by atoms with Crippen LogP contribution in [0.15, 0.2) is 89.5 Å². The fourth-order valence-electron chi connectivity index (χ4n) is 6.39. The van der Waals surface area contributed by atoms with E-state index in [9.17, 15) is 0 Å². The predicted octanol–water partition coefficient (Wildman–Crippen LogP) is 7.17. The first-order chi connectivity index (χ1) is 22.5. The average Bonchev–Trinajstić information content (AvgIpc) is 3.10. The zero-order valence-electron chi connectivity index (χ0n) is 26.3. The number of piperazine rings is 1. The molecule has 4 heterocycles. The lowest BCUT2D eigenvalue weighted by Gasteiger charge is -2.42. The number of aromatic nitrogens is 3. The fraction of sp³-hybridized carbons (Fsp3) is 0.306. The Hall–Kier alpha value is -4.25. The van der Waals surface area contributed by atoms with Crippen LogP contribution in [-0.4, -0.2) is 84.2 Å². The van der Waals surface area contributed by atoms with Gasteiger partial charge in [0, 0.05) is 79.9 Å². The number of nitrogens with one attached hydrogen (secondary N) is 2. The summed E-state index contributed by atoms with van der Waals surface area (Å²) in [5.74, 6) is 1.87. The van der Waals surface area contributed by atoms with Crippen molar-refractivity contribution < 1.29 is 4.74 Å². The summed E-state index contributed by atoms with van der Waals surface area (Å²) in [6.45, 7) is 6.80. The average molecular weight is 680 g/mol. The molecule has 7 rings (SSSR count). The van der Waals surface area contributed by atoms with Gasteiger partial charge in [0.05, 0.1) is 28.5 Å². The summed E-state index contributed by atoms with van der Waals surface area (Å²) in [7, 11) is 3.92. The van der Waals surface area contributed by atoms with Gasteiger partial charge in [0.1, 0.15) is 11.6 Å². The van der Waals surface area contributed by atoms with E-state index in [-0.39, 0.29) is 0 Å². The number of benzene rings is 3. The van der Waals surface area contributed by atoms with Gasteiger partial charge >= 0.3 is 0 Å². The first-order valence-corrected chi connectivity index (χ1v) is 16.7. The third-order valence-corrected chi connectivity index (χ3v) is 9.66. The minimum atomic E-state index is 0.468. The number of hydrogen-bond acceptors (Lipinski definition) is 9. The number of likely N-dealkylation sites (N-methyl/N-ethyl adjacent to an activating group) is 1. The molecule has 0 radical (unpaired) electrons. The Bertz CT molecular complexity index is 1800. The zero-order valence-corrected chi connectivity index (χ0v) is 27.9. The van der Waals surface area contributed by atoms with Crippen molar-refractivity contribution >= 4 is 55.7 Å². The van der Waals surface area contributed by atoms with Crippen LogP contribution < -0.4 is 20.3 Å². The molecular formula is C36H39BrN8O. The molecule has 2 fully saturated rings. The van der Waals surface area contributed by atoms with Gasteiger partial charge in [0.25, 0.3) is 0 Å². The van der Waals surface area contributed by atoms with Gasteiger partial charge in [-0.05, 0) is 66.2 Å². The second-order valence-corrected chi connectivity index (χ2v) is 12.9. The Balaban J connectivity index is 1.03. The molecule has 3 aromatic carbocycles. The molecule has 9 nitrogen and oxygen atoms in total. The van der Waals surface area contributed by atoms with E-state index in [4.69, 9.17) is 14.7 Å². The Morgan fingerprint density at radius 1 is 0.826 bits per heavy atom. The molecule has 236 valence electrons. The molecule has 0 saturated carbocycles. The summed E-state index contributed by atoms with van der Waals surface area (Å²) >= 11 is 3.61. The number of piperidine rings is 1. The van der Waals surface area contributed by atoms with E-state index < -0.39 is 0 Å². The third kappa shape index (κ3) is 6.79. The fourth-order valence-corrected chi connectivity index (χ4v) is 6.68. The van der Waals surface area contributed by atoms with Crippen LogP contribution in [0.5, 0.6) is 5.75 Å². The summed E-state index contributed by atoms with van der Waals surface area (Å²) in [6, 6.07) is 27.5. The van der Waals surface area contributed by atoms with Crippen LogP contribution in [0.25, 0.3) is 22.2 Å². The van der Waals surface area contributed by atoms with Gasteiger partial charge in [0.2, 0.25) is 5.95 Å². The van der Waals surface area contributed by atoms with Crippen LogP contribution in [0, 0.1) is 0 Å². The van der Waals surface area contributed by atoms with Crippen molar-refractivity contribution in [1.29, 1.82) is 0 Å². The highest BCUT2D eigenvalue weighted by Gasteiger charge is 2.27. The highest BCUT2D eigenvalue weighted by molar-refractivity contribution is 9.10. The highest BCUT2D eigenvalue weighted by Crippen LogP contribution is 2.34. The van der Waals surface area contributed by atoms with Crippen molar-refractivity contribution in [3.63, 3.8) is 0 Å². The molecule has 0 aliphatic carbocycles. The van der Waals surface area contributed by atoms with Crippen LogP contribution >= 0.6 is 15.9 Å². The molecule has 0 unspecified atom stereocenters. The molecule has 0 bridgehead atoms. The molecule has 0 spiro atoms. The maximum absolute atomic E-state index is 5.82. The molecule has 5 aromatic rings. The number of ether oxygens (including phenoxy) is 1. The number of pyridine rings is 1. The molecular weight excluding hydrogens is 640 g/mol. The molecule has 2 saturated heterocycles. The van der Waals surface area contributed by atoms with Crippen LogP contribution in [0.1, 0.15) is 12.8 Å². The second-order valence-electron chi connectivity index (χ2n) is 12.1. The number of methoxy groups -OCH3 is 1. The number of anilines is 5. The number of fused-ring (bicyclic) bond motifs is 1. The minimum absolute atomic E-state index is 0.468. The van der Waals surface area contributed by atoms with Crippen molar-refractivity contribution in [2.75, 3.05) is 69.0 Å². The summed E-state index contributed by atoms with van der Waals surface area (Å²) in [6.07, 6.45) is 4.13. The molecule has 46 heavy (non-hydrogen) atoms. The Labute approximate surface area is 278 Å². The molecule has 0 atom stereocenters. The van der Waals surface area contributed by atoms with Gasteiger partial charge in [-0.3, -0.25) is 4.90 Å². The summed E-state index contributed by atoms with van der Waals surface area (Å²) in [5, 5.41) is 7.88. The van der Waals surface area contributed by atoms with Crippen LogP contribution in [0.2, 0.25) is 0 Å². The van der Waals surface area contributed by atoms with E-state index in [1.807, 2.05) is 30.3 Å². The molecule has 2 aromatic heterocycles. The lowest BCUT2D eigenvalue weighted by Crippen LogP contribution is -2.52. The van der Waals surface area contributed by atoms with Crippen LogP contribution in [-0.2, 0) is 0 Å². The molecule has 2 N–H and O–H groups in total. The molecule has 0 amide bonds. The van der Waals surface area contributed by atoms with Crippen molar-refractivity contribution in [1.82, 2.24) is 24.8 Å². The number of hydrogen-bond donors (Lipinski definition) is 2. The van der Waals surface area contributed by atoms with Crippen molar-refractivity contribution in [3.8, 4) is 17.0 Å². The summed E-state index contributed by atoms with van der Waals surface area (Å²) in [4.78, 5) is 21.8. The molecule has 2 aliphatic heterocycles. The smallest absolute Gasteiger partial charge is 0.229 e. The molecule has 10 heteroatoms. The Morgan fingerprint density at radius 2 is 1.61 bits per heavy atom. The SMILES string of the molecule is COc1cc(N2CCC(N3CCN(C)CC3)CC2)ccc1Nc1ncc(Br)c(Nc2ccc3ccc(-c4ccccc4)nc3c2)n1. The first-order valence-electron chi connectivity index (χ1n) is 15.9. The normalized spacial score (nSPS) is 16.5. The molecule has 2 aliphatic rings. The number of nitrogens with zero attached hydrogens (tertiary/aromatic N) is 6. The standard InChI is InChI=1S/C36H39BrN8O/c1-43-18-20-45(21-19-43)28-14-16-44(17-15-28)29-11-13-32(34(23-29)46-2)41-36-38-24-30(37)35(42-36)39-27-10-8-26-9-12-31(40-33(26)22-27)25-6-4-3-5-7-25/h3-13,22-24,28H,14-21H2,1-2H3,(H2,38,39,41,42). The Morgan fingerprint density at radius 3 is 2.39 bits per heavy atom. The van der Waals surface area contributed by atoms with E-state index in [0.717, 1.165) is 56.8 Å². The van der Waals surface area contributed by atoms with Gasteiger partial charge in [-0.25, -0.2) is 9.97 Å². The van der Waals surface area contributed by atoms with Gasteiger partial charge in [-0.15, -0.1) is 0 Å². The predicted molar refractivity (Wildman–Crippen MR) is 191 cm³/mol. The lowest BCUT2D eigenvalue weighted by molar-refractivity contribution is 0.0982. The van der Waals surface area contributed by atoms with Crippen molar-refractivity contribution in [2.45, 2.75) is 18.9 Å². The Kier molecular flexibility index (Phi) is 9.00. The lowest BCUT2D eigenvalue weighted by atomic mass is 10.0. The highest BCUT2D eigenvalue weighted by atomic mass is 79.9. The van der Waals surface area contributed by atoms with Crippen molar-refractivity contribution in [2.24, 2.45) is 0 Å². The third-order valence-electron chi connectivity index (χ3n) is 9.08.